The van der Waals surface area contributed by atoms with E-state index in [-0.39, 0.29) is 55.6 Å². The van der Waals surface area contributed by atoms with E-state index >= 15 is 0 Å². The summed E-state index contributed by atoms with van der Waals surface area (Å²) in [5.41, 5.74) is 0.676. The molecule has 0 aromatic carbocycles. The zero-order valence-corrected chi connectivity index (χ0v) is 18.0. The molecule has 0 aliphatic carbocycles. The van der Waals surface area contributed by atoms with E-state index in [1.807, 2.05) is 6.92 Å². The maximum absolute atomic E-state index is 12.9. The minimum absolute atomic E-state index is 0.0806. The Labute approximate surface area is 174 Å². The molecule has 13 heteroatoms. The lowest BCUT2D eigenvalue weighted by Crippen LogP contribution is -2.50. The highest BCUT2D eigenvalue weighted by Gasteiger charge is 2.32. The van der Waals surface area contributed by atoms with Gasteiger partial charge in [0.25, 0.3) is 0 Å². The first-order valence-corrected chi connectivity index (χ1v) is 11.1. The Morgan fingerprint density at radius 1 is 1.10 bits per heavy atom. The van der Waals surface area contributed by atoms with E-state index in [1.165, 1.54) is 21.4 Å². The van der Waals surface area contributed by atoms with Gasteiger partial charge in [-0.05, 0) is 20.8 Å². The number of rotatable bonds is 7. The normalized spacial score (nSPS) is 15.5. The van der Waals surface area contributed by atoms with Crippen molar-refractivity contribution in [3.8, 4) is 0 Å². The molecule has 0 bridgehead atoms. The molecule has 12 nitrogen and oxygen atoms in total. The SMILES string of the molecule is CCn1cc(S(=O)(=O)N2CCN(C(=O)CCn3cc([N+](=O)[O-])c(C)n3)CC2)c(C)n1. The highest BCUT2D eigenvalue weighted by Crippen LogP contribution is 2.21. The lowest BCUT2D eigenvalue weighted by molar-refractivity contribution is -0.385. The summed E-state index contributed by atoms with van der Waals surface area (Å²) in [5.74, 6) is -0.141. The molecule has 1 amide bonds. The molecule has 2 aromatic heterocycles. The predicted molar refractivity (Wildman–Crippen MR) is 106 cm³/mol. The van der Waals surface area contributed by atoms with Crippen molar-refractivity contribution in [1.82, 2.24) is 28.8 Å². The number of sulfonamides is 1. The molecule has 1 aliphatic heterocycles. The van der Waals surface area contributed by atoms with Crippen molar-refractivity contribution in [2.45, 2.75) is 45.2 Å². The number of nitrogens with zero attached hydrogens (tertiary/aromatic N) is 7. The van der Waals surface area contributed by atoms with E-state index in [2.05, 4.69) is 10.2 Å². The standard InChI is InChI=1S/C17H25N7O5S/c1-4-21-12-16(14(3)19-21)30(28,29)23-9-7-20(8-10-23)17(25)5-6-22-11-15(24(26)27)13(2)18-22/h11-12H,4-10H2,1-3H3. The summed E-state index contributed by atoms with van der Waals surface area (Å²) in [6.07, 6.45) is 2.98. The van der Waals surface area contributed by atoms with Gasteiger partial charge in [-0.25, -0.2) is 8.42 Å². The largest absolute Gasteiger partial charge is 0.340 e. The molecule has 3 heterocycles. The fourth-order valence-corrected chi connectivity index (χ4v) is 4.99. The summed E-state index contributed by atoms with van der Waals surface area (Å²) in [6, 6.07) is 0. The first-order valence-electron chi connectivity index (χ1n) is 9.64. The number of aryl methyl sites for hydroxylation is 4. The number of amides is 1. The third-order valence-corrected chi connectivity index (χ3v) is 7.11. The Morgan fingerprint density at radius 2 is 1.73 bits per heavy atom. The van der Waals surface area contributed by atoms with Crippen molar-refractivity contribution >= 4 is 21.6 Å². The third kappa shape index (κ3) is 4.36. The molecular weight excluding hydrogens is 414 g/mol. The van der Waals surface area contributed by atoms with Crippen molar-refractivity contribution in [2.75, 3.05) is 26.2 Å². The molecule has 3 rings (SSSR count). The second-order valence-electron chi connectivity index (χ2n) is 7.09. The van der Waals surface area contributed by atoms with Gasteiger partial charge < -0.3 is 4.90 Å². The van der Waals surface area contributed by atoms with Crippen molar-refractivity contribution in [3.63, 3.8) is 0 Å². The Hall–Kier alpha value is -2.80. The van der Waals surface area contributed by atoms with E-state index in [9.17, 15) is 23.3 Å². The second-order valence-corrected chi connectivity index (χ2v) is 9.00. The van der Waals surface area contributed by atoms with E-state index < -0.39 is 14.9 Å². The maximum atomic E-state index is 12.9. The summed E-state index contributed by atoms with van der Waals surface area (Å²) >= 11 is 0. The quantitative estimate of drug-likeness (QED) is 0.454. The van der Waals surface area contributed by atoms with Crippen LogP contribution in [-0.4, -0.2) is 74.2 Å². The minimum Gasteiger partial charge on any atom is -0.340 e. The van der Waals surface area contributed by atoms with Crippen LogP contribution >= 0.6 is 0 Å². The van der Waals surface area contributed by atoms with Gasteiger partial charge in [0.15, 0.2) is 0 Å². The van der Waals surface area contributed by atoms with Crippen LogP contribution in [0.25, 0.3) is 0 Å². The van der Waals surface area contributed by atoms with Gasteiger partial charge in [0, 0.05) is 51.9 Å². The van der Waals surface area contributed by atoms with Gasteiger partial charge in [0.1, 0.15) is 16.8 Å². The maximum Gasteiger partial charge on any atom is 0.309 e. The average molecular weight is 439 g/mol. The van der Waals surface area contributed by atoms with Crippen LogP contribution in [0.1, 0.15) is 24.7 Å². The summed E-state index contributed by atoms with van der Waals surface area (Å²) in [7, 11) is -3.66. The van der Waals surface area contributed by atoms with Gasteiger partial charge in [-0.1, -0.05) is 0 Å². The molecule has 164 valence electrons. The minimum atomic E-state index is -3.66. The van der Waals surface area contributed by atoms with E-state index in [1.54, 1.807) is 23.4 Å². The molecule has 1 aliphatic rings. The van der Waals surface area contributed by atoms with E-state index in [0.29, 0.717) is 17.9 Å². The molecule has 0 N–H and O–H groups in total. The molecule has 0 spiro atoms. The summed E-state index contributed by atoms with van der Waals surface area (Å²) in [6.45, 7) is 6.89. The van der Waals surface area contributed by atoms with Crippen LogP contribution in [-0.2, 0) is 27.9 Å². The summed E-state index contributed by atoms with van der Waals surface area (Å²) in [5, 5.41) is 19.1. The van der Waals surface area contributed by atoms with Crippen LogP contribution < -0.4 is 0 Å². The first kappa shape index (κ1) is 21.9. The molecule has 2 aromatic rings. The van der Waals surface area contributed by atoms with Gasteiger partial charge in [0.2, 0.25) is 15.9 Å². The Bertz CT molecular complexity index is 1050. The molecule has 0 atom stereocenters. The zero-order valence-electron chi connectivity index (χ0n) is 17.2. The van der Waals surface area contributed by atoms with Crippen LogP contribution in [0.4, 0.5) is 5.69 Å². The van der Waals surface area contributed by atoms with Crippen LogP contribution in [0.2, 0.25) is 0 Å². The molecule has 0 unspecified atom stereocenters. The van der Waals surface area contributed by atoms with Crippen molar-refractivity contribution in [1.29, 1.82) is 0 Å². The Morgan fingerprint density at radius 3 is 2.27 bits per heavy atom. The molecule has 1 fully saturated rings. The Kier molecular flexibility index (Phi) is 6.22. The second kappa shape index (κ2) is 8.52. The average Bonchev–Trinajstić information content (AvgIpc) is 3.28. The van der Waals surface area contributed by atoms with Crippen molar-refractivity contribution < 1.29 is 18.1 Å². The van der Waals surface area contributed by atoms with Crippen molar-refractivity contribution in [2.24, 2.45) is 0 Å². The number of carbonyl (C=O) groups excluding carboxylic acids is 1. The molecule has 30 heavy (non-hydrogen) atoms. The first-order chi connectivity index (χ1) is 14.1. The number of carbonyl (C=O) groups is 1. The van der Waals surface area contributed by atoms with Crippen LogP contribution in [0.5, 0.6) is 0 Å². The summed E-state index contributed by atoms with van der Waals surface area (Å²) in [4.78, 5) is 24.7. The Balaban J connectivity index is 1.57. The fourth-order valence-electron chi connectivity index (χ4n) is 3.40. The van der Waals surface area contributed by atoms with Crippen LogP contribution in [0.3, 0.4) is 0 Å². The monoisotopic (exact) mass is 439 g/mol. The predicted octanol–water partition coefficient (Wildman–Crippen LogP) is 0.548. The van der Waals surface area contributed by atoms with E-state index in [0.717, 1.165) is 0 Å². The van der Waals surface area contributed by atoms with Crippen LogP contribution in [0.15, 0.2) is 17.3 Å². The van der Waals surface area contributed by atoms with Crippen molar-refractivity contribution in [3.05, 3.63) is 33.9 Å². The number of hydrogen-bond acceptors (Lipinski definition) is 7. The highest BCUT2D eigenvalue weighted by atomic mass is 32.2. The van der Waals surface area contributed by atoms with Gasteiger partial charge in [-0.3, -0.25) is 24.3 Å². The number of piperazine rings is 1. The lowest BCUT2D eigenvalue weighted by Gasteiger charge is -2.34. The van der Waals surface area contributed by atoms with Gasteiger partial charge >= 0.3 is 5.69 Å². The molecular formula is C17H25N7O5S. The van der Waals surface area contributed by atoms with Gasteiger partial charge in [-0.2, -0.15) is 14.5 Å². The smallest absolute Gasteiger partial charge is 0.309 e. The molecule has 1 saturated heterocycles. The van der Waals surface area contributed by atoms with Crippen LogP contribution in [0, 0.1) is 24.0 Å². The molecule has 0 radical (unpaired) electrons. The highest BCUT2D eigenvalue weighted by molar-refractivity contribution is 7.89. The topological polar surface area (TPSA) is 136 Å². The summed E-state index contributed by atoms with van der Waals surface area (Å²) < 4.78 is 30.2. The van der Waals surface area contributed by atoms with Gasteiger partial charge in [-0.15, -0.1) is 0 Å². The zero-order chi connectivity index (χ0) is 22.1. The fraction of sp³-hybridized carbons (Fsp3) is 0.588. The number of hydrogen-bond donors (Lipinski definition) is 0. The van der Waals surface area contributed by atoms with Gasteiger partial charge in [0.05, 0.1) is 10.6 Å². The molecule has 0 saturated carbocycles. The number of aromatic nitrogens is 4. The third-order valence-electron chi connectivity index (χ3n) is 5.11. The lowest BCUT2D eigenvalue weighted by atomic mass is 10.3. The number of nitro groups is 1. The van der Waals surface area contributed by atoms with E-state index in [4.69, 9.17) is 0 Å².